The molecule has 0 aliphatic carbocycles. The Balaban J connectivity index is 0.00000126. The number of benzene rings is 2. The first-order chi connectivity index (χ1) is 13.0. The summed E-state index contributed by atoms with van der Waals surface area (Å²) in [4.78, 5) is 23.8. The zero-order valence-electron chi connectivity index (χ0n) is 15.6. The molecule has 1 N–H and O–H groups in total. The number of halogens is 1. The molecule has 0 spiro atoms. The van der Waals surface area contributed by atoms with Gasteiger partial charge in [0.2, 0.25) is 0 Å². The molecule has 2 unspecified atom stereocenters. The molecule has 3 rings (SSSR count). The van der Waals surface area contributed by atoms with Gasteiger partial charge in [-0.3, -0.25) is 4.79 Å². The summed E-state index contributed by atoms with van der Waals surface area (Å²) >= 11 is 0. The van der Waals surface area contributed by atoms with Gasteiger partial charge in [0.15, 0.2) is 11.9 Å². The van der Waals surface area contributed by atoms with E-state index >= 15 is 0 Å². The van der Waals surface area contributed by atoms with Crippen molar-refractivity contribution in [2.75, 3.05) is 0 Å². The van der Waals surface area contributed by atoms with E-state index in [0.717, 1.165) is 5.56 Å². The van der Waals surface area contributed by atoms with Crippen molar-refractivity contribution in [3.05, 3.63) is 70.8 Å². The minimum atomic E-state index is -1.46. The predicted octanol–water partition coefficient (Wildman–Crippen LogP) is 4.73. The third-order valence-corrected chi connectivity index (χ3v) is 4.07. The van der Waals surface area contributed by atoms with Crippen LogP contribution in [-0.4, -0.2) is 29.1 Å². The van der Waals surface area contributed by atoms with E-state index in [4.69, 9.17) is 4.74 Å². The summed E-state index contributed by atoms with van der Waals surface area (Å²) in [5, 5.41) is 9.27. The fraction of sp³-hybridized carbons (Fsp3) is 0.273. The van der Waals surface area contributed by atoms with Gasteiger partial charge < -0.3 is 9.84 Å². The van der Waals surface area contributed by atoms with Crippen LogP contribution in [0, 0.1) is 0 Å². The molecule has 2 aromatic rings. The maximum Gasteiger partial charge on any atom is 0.335 e. The minimum absolute atomic E-state index is 0.0831. The van der Waals surface area contributed by atoms with Gasteiger partial charge in [-0.1, -0.05) is 44.2 Å². The van der Waals surface area contributed by atoms with Crippen LogP contribution in [0.15, 0.2) is 54.1 Å². The van der Waals surface area contributed by atoms with Crippen molar-refractivity contribution >= 4 is 17.8 Å². The number of carboxylic acids is 1. The second kappa shape index (κ2) is 9.12. The summed E-state index contributed by atoms with van der Waals surface area (Å²) < 4.78 is 19.1. The normalized spacial score (nSPS) is 16.0. The molecular formula is C22H23FO4. The molecule has 0 fully saturated rings. The largest absolute Gasteiger partial charge is 0.482 e. The molecule has 0 saturated carbocycles. The Morgan fingerprint density at radius 2 is 1.81 bits per heavy atom. The predicted molar refractivity (Wildman–Crippen MR) is 103 cm³/mol. The molecule has 1 aliphatic heterocycles. The quantitative estimate of drug-likeness (QED) is 0.773. The van der Waals surface area contributed by atoms with Crippen LogP contribution in [-0.2, 0) is 11.2 Å². The first-order valence-electron chi connectivity index (χ1n) is 8.92. The summed E-state index contributed by atoms with van der Waals surface area (Å²) in [6, 6.07) is 14.1. The molecule has 2 aromatic carbocycles. The minimum Gasteiger partial charge on any atom is -0.482 e. The van der Waals surface area contributed by atoms with Crippen molar-refractivity contribution in [2.24, 2.45) is 0 Å². The van der Waals surface area contributed by atoms with Crippen LogP contribution in [0.3, 0.4) is 0 Å². The SMILES string of the molecule is CC.CC(F)C1Oc2ccc(C(=O)Cc3ccccc3)cc2C=C1C(=O)O. The number of hydrogen-bond acceptors (Lipinski definition) is 3. The Labute approximate surface area is 158 Å². The van der Waals surface area contributed by atoms with Gasteiger partial charge in [-0.15, -0.1) is 0 Å². The van der Waals surface area contributed by atoms with Crippen molar-refractivity contribution < 1.29 is 23.8 Å². The van der Waals surface area contributed by atoms with Crippen molar-refractivity contribution in [3.63, 3.8) is 0 Å². The zero-order chi connectivity index (χ0) is 20.0. The maximum absolute atomic E-state index is 13.7. The fourth-order valence-electron chi connectivity index (χ4n) is 2.80. The van der Waals surface area contributed by atoms with Crippen LogP contribution >= 0.6 is 0 Å². The Morgan fingerprint density at radius 3 is 2.41 bits per heavy atom. The fourth-order valence-corrected chi connectivity index (χ4v) is 2.80. The second-order valence-electron chi connectivity index (χ2n) is 5.96. The Hall–Kier alpha value is -2.95. The molecule has 1 heterocycles. The molecule has 0 amide bonds. The number of carbonyl (C=O) groups is 2. The van der Waals surface area contributed by atoms with Crippen LogP contribution in [0.5, 0.6) is 5.75 Å². The van der Waals surface area contributed by atoms with Gasteiger partial charge in [-0.25, -0.2) is 9.18 Å². The maximum atomic E-state index is 13.7. The smallest absolute Gasteiger partial charge is 0.335 e. The van der Waals surface area contributed by atoms with Gasteiger partial charge in [0.25, 0.3) is 0 Å². The lowest BCUT2D eigenvalue weighted by Gasteiger charge is -2.26. The number of hydrogen-bond donors (Lipinski definition) is 1. The van der Waals surface area contributed by atoms with Crippen molar-refractivity contribution in [2.45, 2.75) is 39.5 Å². The van der Waals surface area contributed by atoms with Gasteiger partial charge in [0.1, 0.15) is 11.9 Å². The van der Waals surface area contributed by atoms with E-state index in [1.165, 1.54) is 13.0 Å². The molecule has 4 nitrogen and oxygen atoms in total. The number of carbonyl (C=O) groups excluding carboxylic acids is 1. The standard InChI is InChI=1S/C20H17FO4.C2H6/c1-12(21)19-16(20(23)24)11-15-10-14(7-8-18(15)25-19)17(22)9-13-5-3-2-4-6-13;1-2/h2-8,10-12,19H,9H2,1H3,(H,23,24);1-2H3. The molecule has 142 valence electrons. The number of alkyl halides is 1. The highest BCUT2D eigenvalue weighted by Gasteiger charge is 2.32. The van der Waals surface area contributed by atoms with E-state index in [9.17, 15) is 19.1 Å². The molecule has 0 radical (unpaired) electrons. The van der Waals surface area contributed by atoms with Gasteiger partial charge in [0.05, 0.1) is 5.57 Å². The molecule has 0 saturated heterocycles. The average Bonchev–Trinajstić information content (AvgIpc) is 2.68. The molecular weight excluding hydrogens is 347 g/mol. The third kappa shape index (κ3) is 4.82. The molecule has 0 bridgehead atoms. The van der Waals surface area contributed by atoms with Crippen LogP contribution in [0.2, 0.25) is 0 Å². The summed E-state index contributed by atoms with van der Waals surface area (Å²) in [5.41, 5.74) is 1.66. The van der Waals surface area contributed by atoms with E-state index in [1.807, 2.05) is 44.2 Å². The second-order valence-corrected chi connectivity index (χ2v) is 5.96. The lowest BCUT2D eigenvalue weighted by atomic mass is 9.96. The van der Waals surface area contributed by atoms with Crippen LogP contribution in [0.1, 0.15) is 42.3 Å². The van der Waals surface area contributed by atoms with Crippen LogP contribution in [0.25, 0.3) is 6.08 Å². The molecule has 1 aliphatic rings. The molecule has 27 heavy (non-hydrogen) atoms. The first-order valence-corrected chi connectivity index (χ1v) is 8.92. The Kier molecular flexibility index (Phi) is 6.88. The average molecular weight is 370 g/mol. The number of rotatable bonds is 5. The Morgan fingerprint density at radius 1 is 1.15 bits per heavy atom. The number of ketones is 1. The number of fused-ring (bicyclic) bond motifs is 1. The van der Waals surface area contributed by atoms with Gasteiger partial charge in [-0.05, 0) is 36.8 Å². The van der Waals surface area contributed by atoms with Gasteiger partial charge in [-0.2, -0.15) is 0 Å². The summed E-state index contributed by atoms with van der Waals surface area (Å²) in [5.74, 6) is -0.947. The van der Waals surface area contributed by atoms with Crippen LogP contribution in [0.4, 0.5) is 4.39 Å². The Bertz CT molecular complexity index is 841. The first kappa shape index (κ1) is 20.4. The number of carboxylic acid groups (broad SMARTS) is 1. The van der Waals surface area contributed by atoms with Gasteiger partial charge in [0, 0.05) is 17.5 Å². The van der Waals surface area contributed by atoms with Crippen molar-refractivity contribution in [1.29, 1.82) is 0 Å². The molecule has 2 atom stereocenters. The highest BCUT2D eigenvalue weighted by atomic mass is 19.1. The number of aliphatic carboxylic acids is 1. The van der Waals surface area contributed by atoms with E-state index in [2.05, 4.69) is 0 Å². The highest BCUT2D eigenvalue weighted by Crippen LogP contribution is 2.32. The monoisotopic (exact) mass is 370 g/mol. The van der Waals surface area contributed by atoms with Crippen molar-refractivity contribution in [3.8, 4) is 5.75 Å². The summed E-state index contributed by atoms with van der Waals surface area (Å²) in [7, 11) is 0. The zero-order valence-corrected chi connectivity index (χ0v) is 15.6. The van der Waals surface area contributed by atoms with Gasteiger partial charge >= 0.3 is 5.97 Å². The van der Waals surface area contributed by atoms with E-state index in [0.29, 0.717) is 16.9 Å². The molecule has 0 aromatic heterocycles. The topological polar surface area (TPSA) is 63.6 Å². The third-order valence-electron chi connectivity index (χ3n) is 4.07. The highest BCUT2D eigenvalue weighted by molar-refractivity contribution is 5.99. The summed E-state index contributed by atoms with van der Waals surface area (Å²) in [6.07, 6.45) is -0.993. The van der Waals surface area contributed by atoms with E-state index < -0.39 is 18.2 Å². The lowest BCUT2D eigenvalue weighted by molar-refractivity contribution is -0.133. The van der Waals surface area contributed by atoms with E-state index in [-0.39, 0.29) is 17.8 Å². The van der Waals surface area contributed by atoms with Crippen molar-refractivity contribution in [1.82, 2.24) is 0 Å². The molecule has 5 heteroatoms. The summed E-state index contributed by atoms with van der Waals surface area (Å²) in [6.45, 7) is 5.25. The van der Waals surface area contributed by atoms with E-state index in [1.54, 1.807) is 18.2 Å². The van der Waals surface area contributed by atoms with Crippen LogP contribution < -0.4 is 4.74 Å². The lowest BCUT2D eigenvalue weighted by Crippen LogP contribution is -2.34. The number of Topliss-reactive ketones (excluding diaryl/α,β-unsaturated/α-hetero) is 1. The number of ether oxygens (including phenoxy) is 1.